The molecule has 0 aliphatic rings. The van der Waals surface area contributed by atoms with Gasteiger partial charge in [-0.05, 0) is 42.3 Å². The van der Waals surface area contributed by atoms with Crippen LogP contribution in [0.3, 0.4) is 0 Å². The molecular formula is C18H26N2S. The zero-order chi connectivity index (χ0) is 15.1. The third kappa shape index (κ3) is 5.01. The Morgan fingerprint density at radius 1 is 1.19 bits per heavy atom. The minimum atomic E-state index is 0.394. The van der Waals surface area contributed by atoms with Gasteiger partial charge in [0, 0.05) is 23.4 Å². The molecular weight excluding hydrogens is 276 g/mol. The van der Waals surface area contributed by atoms with Gasteiger partial charge in [-0.1, -0.05) is 39.0 Å². The minimum absolute atomic E-state index is 0.394. The predicted octanol–water partition coefficient (Wildman–Crippen LogP) is 4.66. The molecule has 0 fully saturated rings. The Labute approximate surface area is 132 Å². The van der Waals surface area contributed by atoms with Gasteiger partial charge in [0.2, 0.25) is 0 Å². The van der Waals surface area contributed by atoms with E-state index in [-0.39, 0.29) is 0 Å². The maximum atomic E-state index is 4.60. The molecule has 0 saturated heterocycles. The highest BCUT2D eigenvalue weighted by Gasteiger charge is 2.12. The van der Waals surface area contributed by atoms with Gasteiger partial charge >= 0.3 is 0 Å². The molecule has 2 nitrogen and oxygen atoms in total. The summed E-state index contributed by atoms with van der Waals surface area (Å²) in [6.07, 6.45) is 3.19. The van der Waals surface area contributed by atoms with Gasteiger partial charge in [0.1, 0.15) is 0 Å². The average Bonchev–Trinajstić information content (AvgIpc) is 2.50. The first-order chi connectivity index (χ1) is 10.2. The molecule has 0 radical (unpaired) electrons. The van der Waals surface area contributed by atoms with E-state index in [1.54, 1.807) is 0 Å². The Morgan fingerprint density at radius 3 is 2.76 bits per heavy atom. The van der Waals surface area contributed by atoms with Crippen molar-refractivity contribution in [2.45, 2.75) is 33.2 Å². The first kappa shape index (κ1) is 16.3. The Kier molecular flexibility index (Phi) is 6.52. The Bertz CT molecular complexity index is 554. The van der Waals surface area contributed by atoms with E-state index in [0.717, 1.165) is 30.2 Å². The number of nitrogens with one attached hydrogen (secondary N) is 1. The van der Waals surface area contributed by atoms with Crippen molar-refractivity contribution in [2.75, 3.05) is 18.1 Å². The molecule has 0 aliphatic carbocycles. The lowest BCUT2D eigenvalue weighted by Gasteiger charge is -2.19. The standard InChI is InChI=1S/C18H26N2S/c1-4-9-19-18(13-21-12-14(2)3)16-10-15-7-5-6-8-17(15)20-11-16/h5-8,10-11,14,18-19H,4,9,12-13H2,1-3H3. The van der Waals surface area contributed by atoms with Crippen LogP contribution in [0.2, 0.25) is 0 Å². The zero-order valence-corrected chi connectivity index (χ0v) is 14.1. The zero-order valence-electron chi connectivity index (χ0n) is 13.3. The van der Waals surface area contributed by atoms with E-state index in [1.165, 1.54) is 16.7 Å². The number of pyridine rings is 1. The van der Waals surface area contributed by atoms with Gasteiger partial charge in [0.15, 0.2) is 0 Å². The van der Waals surface area contributed by atoms with E-state index in [1.807, 2.05) is 24.0 Å². The third-order valence-corrected chi connectivity index (χ3v) is 4.86. The van der Waals surface area contributed by atoms with Crippen LogP contribution in [-0.2, 0) is 0 Å². The monoisotopic (exact) mass is 302 g/mol. The van der Waals surface area contributed by atoms with Crippen LogP contribution in [0.1, 0.15) is 38.8 Å². The fraction of sp³-hybridized carbons (Fsp3) is 0.500. The lowest BCUT2D eigenvalue weighted by atomic mass is 10.1. The molecule has 1 N–H and O–H groups in total. The Balaban J connectivity index is 2.12. The quantitative estimate of drug-likeness (QED) is 0.767. The number of aromatic nitrogens is 1. The van der Waals surface area contributed by atoms with Crippen LogP contribution in [0.25, 0.3) is 10.9 Å². The average molecular weight is 302 g/mol. The minimum Gasteiger partial charge on any atom is -0.309 e. The van der Waals surface area contributed by atoms with Crippen LogP contribution >= 0.6 is 11.8 Å². The summed E-state index contributed by atoms with van der Waals surface area (Å²) in [5.41, 5.74) is 2.38. The molecule has 0 spiro atoms. The van der Waals surface area contributed by atoms with Crippen molar-refractivity contribution in [1.82, 2.24) is 10.3 Å². The molecule has 3 heteroatoms. The fourth-order valence-electron chi connectivity index (χ4n) is 2.29. The van der Waals surface area contributed by atoms with Gasteiger partial charge in [0.25, 0.3) is 0 Å². The number of rotatable bonds is 8. The summed E-state index contributed by atoms with van der Waals surface area (Å²) >= 11 is 2.03. The molecule has 0 amide bonds. The Hall–Kier alpha value is -1.06. The first-order valence-electron chi connectivity index (χ1n) is 7.86. The number of benzene rings is 1. The molecule has 0 aliphatic heterocycles. The second-order valence-corrected chi connectivity index (χ2v) is 6.97. The molecule has 2 rings (SSSR count). The van der Waals surface area contributed by atoms with Gasteiger partial charge in [-0.3, -0.25) is 4.98 Å². The van der Waals surface area contributed by atoms with Crippen LogP contribution < -0.4 is 5.32 Å². The van der Waals surface area contributed by atoms with Gasteiger partial charge in [-0.2, -0.15) is 11.8 Å². The number of hydrogen-bond donors (Lipinski definition) is 1. The van der Waals surface area contributed by atoms with Crippen molar-refractivity contribution >= 4 is 22.7 Å². The van der Waals surface area contributed by atoms with E-state index >= 15 is 0 Å². The number of hydrogen-bond acceptors (Lipinski definition) is 3. The molecule has 114 valence electrons. The molecule has 0 saturated carbocycles. The highest BCUT2D eigenvalue weighted by Crippen LogP contribution is 2.22. The van der Waals surface area contributed by atoms with Crippen LogP contribution in [0, 0.1) is 5.92 Å². The lowest BCUT2D eigenvalue weighted by molar-refractivity contribution is 0.576. The van der Waals surface area contributed by atoms with E-state index in [4.69, 9.17) is 0 Å². The second-order valence-electron chi connectivity index (χ2n) is 5.90. The predicted molar refractivity (Wildman–Crippen MR) is 94.9 cm³/mol. The van der Waals surface area contributed by atoms with Crippen LogP contribution in [0.5, 0.6) is 0 Å². The highest BCUT2D eigenvalue weighted by molar-refractivity contribution is 7.99. The lowest BCUT2D eigenvalue weighted by Crippen LogP contribution is -2.24. The maximum absolute atomic E-state index is 4.60. The van der Waals surface area contributed by atoms with Gasteiger partial charge in [0.05, 0.1) is 5.52 Å². The molecule has 1 unspecified atom stereocenters. The molecule has 2 aromatic rings. The van der Waals surface area contributed by atoms with Crippen molar-refractivity contribution in [3.8, 4) is 0 Å². The summed E-state index contributed by atoms with van der Waals surface area (Å²) in [7, 11) is 0. The molecule has 1 heterocycles. The molecule has 1 aromatic heterocycles. The Morgan fingerprint density at radius 2 is 2.00 bits per heavy atom. The van der Waals surface area contributed by atoms with E-state index < -0.39 is 0 Å². The summed E-state index contributed by atoms with van der Waals surface area (Å²) in [5.74, 6) is 3.07. The summed E-state index contributed by atoms with van der Waals surface area (Å²) in [5, 5.41) is 4.89. The van der Waals surface area contributed by atoms with Crippen LogP contribution in [-0.4, -0.2) is 23.0 Å². The largest absolute Gasteiger partial charge is 0.309 e. The van der Waals surface area contributed by atoms with Crippen molar-refractivity contribution in [2.24, 2.45) is 5.92 Å². The van der Waals surface area contributed by atoms with Gasteiger partial charge in [-0.15, -0.1) is 0 Å². The smallest absolute Gasteiger partial charge is 0.0702 e. The number of fused-ring (bicyclic) bond motifs is 1. The normalized spacial score (nSPS) is 13.0. The summed E-state index contributed by atoms with van der Waals surface area (Å²) in [4.78, 5) is 4.60. The van der Waals surface area contributed by atoms with Crippen LogP contribution in [0.4, 0.5) is 0 Å². The number of nitrogens with zero attached hydrogens (tertiary/aromatic N) is 1. The molecule has 1 atom stereocenters. The SMILES string of the molecule is CCCNC(CSCC(C)C)c1cnc2ccccc2c1. The van der Waals surface area contributed by atoms with Crippen LogP contribution in [0.15, 0.2) is 36.5 Å². The highest BCUT2D eigenvalue weighted by atomic mass is 32.2. The second kappa shape index (κ2) is 8.40. The van der Waals surface area contributed by atoms with E-state index in [0.29, 0.717) is 6.04 Å². The van der Waals surface area contributed by atoms with Crippen molar-refractivity contribution in [3.63, 3.8) is 0 Å². The maximum Gasteiger partial charge on any atom is 0.0702 e. The number of thioether (sulfide) groups is 1. The summed E-state index contributed by atoms with van der Waals surface area (Å²) < 4.78 is 0. The van der Waals surface area contributed by atoms with E-state index in [2.05, 4.69) is 55.3 Å². The summed E-state index contributed by atoms with van der Waals surface area (Å²) in [6, 6.07) is 11.0. The van der Waals surface area contributed by atoms with Crippen molar-refractivity contribution in [1.29, 1.82) is 0 Å². The number of para-hydroxylation sites is 1. The third-order valence-electron chi connectivity index (χ3n) is 3.39. The first-order valence-corrected chi connectivity index (χ1v) is 9.02. The molecule has 1 aromatic carbocycles. The topological polar surface area (TPSA) is 24.9 Å². The van der Waals surface area contributed by atoms with Gasteiger partial charge in [-0.25, -0.2) is 0 Å². The molecule has 21 heavy (non-hydrogen) atoms. The van der Waals surface area contributed by atoms with Crippen molar-refractivity contribution in [3.05, 3.63) is 42.1 Å². The molecule has 0 bridgehead atoms. The van der Waals surface area contributed by atoms with Gasteiger partial charge < -0.3 is 5.32 Å². The van der Waals surface area contributed by atoms with E-state index in [9.17, 15) is 0 Å². The van der Waals surface area contributed by atoms with Crippen molar-refractivity contribution < 1.29 is 0 Å². The summed E-state index contributed by atoms with van der Waals surface area (Å²) in [6.45, 7) is 7.82. The fourth-order valence-corrected chi connectivity index (χ4v) is 3.45.